The van der Waals surface area contributed by atoms with Crippen molar-refractivity contribution in [3.05, 3.63) is 0 Å². The van der Waals surface area contributed by atoms with Gasteiger partial charge in [-0.1, -0.05) is 0 Å². The number of carbonyl (C=O) groups excluding carboxylic acids is 3. The highest BCUT2D eigenvalue weighted by atomic mass is 16.5. The zero-order valence-corrected chi connectivity index (χ0v) is 16.5. The average Bonchev–Trinajstić information content (AvgIpc) is 3.06. The largest absolute Gasteiger partial charge is 0.454 e. The van der Waals surface area contributed by atoms with E-state index in [9.17, 15) is 14.4 Å². The van der Waals surface area contributed by atoms with Crippen LogP contribution in [0.4, 0.5) is 0 Å². The lowest BCUT2D eigenvalue weighted by Crippen LogP contribution is -2.56. The third-order valence-corrected chi connectivity index (χ3v) is 7.07. The molecule has 0 aromatic carbocycles. The van der Waals surface area contributed by atoms with Crippen LogP contribution in [0.15, 0.2) is 0 Å². The lowest BCUT2D eigenvalue weighted by Gasteiger charge is -2.56. The molecular formula is C21H32N2O4. The zero-order chi connectivity index (χ0) is 19.2. The molecule has 5 aliphatic rings. The topological polar surface area (TPSA) is 75.7 Å². The molecule has 1 N–H and O–H groups in total. The Morgan fingerprint density at radius 1 is 1.07 bits per heavy atom. The molecule has 1 aliphatic heterocycles. The van der Waals surface area contributed by atoms with Gasteiger partial charge >= 0.3 is 5.97 Å². The molecule has 1 saturated heterocycles. The summed E-state index contributed by atoms with van der Waals surface area (Å²) in [6, 6.07) is -0.505. The van der Waals surface area contributed by atoms with Crippen LogP contribution >= 0.6 is 0 Å². The third kappa shape index (κ3) is 3.59. The van der Waals surface area contributed by atoms with Gasteiger partial charge in [-0.3, -0.25) is 9.59 Å². The Labute approximate surface area is 161 Å². The van der Waals surface area contributed by atoms with E-state index in [-0.39, 0.29) is 29.9 Å². The summed E-state index contributed by atoms with van der Waals surface area (Å²) in [5.41, 5.74) is -0.230. The molecule has 5 fully saturated rings. The first-order valence-corrected chi connectivity index (χ1v) is 10.6. The van der Waals surface area contributed by atoms with Crippen LogP contribution in [0.1, 0.15) is 65.2 Å². The lowest BCUT2D eigenvalue weighted by atomic mass is 9.49. The molecule has 1 atom stereocenters. The van der Waals surface area contributed by atoms with Crippen LogP contribution in [0.3, 0.4) is 0 Å². The number of rotatable bonds is 5. The number of nitrogens with one attached hydrogen (secondary N) is 1. The molecule has 27 heavy (non-hydrogen) atoms. The molecule has 0 aromatic rings. The second-order valence-electron chi connectivity index (χ2n) is 9.68. The molecular weight excluding hydrogens is 344 g/mol. The molecule has 4 aliphatic carbocycles. The van der Waals surface area contributed by atoms with Crippen molar-refractivity contribution >= 4 is 17.8 Å². The summed E-state index contributed by atoms with van der Waals surface area (Å²) >= 11 is 0. The molecule has 0 spiro atoms. The number of amides is 2. The van der Waals surface area contributed by atoms with E-state index in [1.807, 2.05) is 13.8 Å². The SMILES string of the molecule is CC(C)NC(=O)COC(=O)[C@H]1CCCN1C(=O)C12CC3CC(CC(C3)C1)C2. The van der Waals surface area contributed by atoms with Crippen LogP contribution in [-0.4, -0.2) is 47.9 Å². The maximum atomic E-state index is 13.5. The predicted octanol–water partition coefficient (Wildman–Crippen LogP) is 2.26. The number of likely N-dealkylation sites (tertiary alicyclic amines) is 1. The number of hydrogen-bond acceptors (Lipinski definition) is 4. The van der Waals surface area contributed by atoms with Crippen molar-refractivity contribution in [1.29, 1.82) is 0 Å². The summed E-state index contributed by atoms with van der Waals surface area (Å²) in [6.07, 6.45) is 8.38. The van der Waals surface area contributed by atoms with Crippen molar-refractivity contribution in [2.45, 2.75) is 77.3 Å². The maximum Gasteiger partial charge on any atom is 0.329 e. The van der Waals surface area contributed by atoms with Crippen LogP contribution in [0.25, 0.3) is 0 Å². The van der Waals surface area contributed by atoms with Gasteiger partial charge < -0.3 is 15.0 Å². The minimum atomic E-state index is -0.516. The van der Waals surface area contributed by atoms with Crippen LogP contribution in [0.5, 0.6) is 0 Å². The Balaban J connectivity index is 1.40. The molecule has 150 valence electrons. The fourth-order valence-corrected chi connectivity index (χ4v) is 6.53. The first kappa shape index (κ1) is 18.8. The highest BCUT2D eigenvalue weighted by Crippen LogP contribution is 2.60. The van der Waals surface area contributed by atoms with Crippen LogP contribution in [-0.2, 0) is 19.1 Å². The van der Waals surface area contributed by atoms with Crippen LogP contribution in [0, 0.1) is 23.2 Å². The number of hydrogen-bond donors (Lipinski definition) is 1. The number of carbonyl (C=O) groups is 3. The number of ether oxygens (including phenoxy) is 1. The third-order valence-electron chi connectivity index (χ3n) is 7.07. The Bertz CT molecular complexity index is 594. The van der Waals surface area contributed by atoms with Gasteiger partial charge in [0.05, 0.1) is 5.41 Å². The molecule has 5 rings (SSSR count). The van der Waals surface area contributed by atoms with E-state index < -0.39 is 12.0 Å². The highest BCUT2D eigenvalue weighted by molar-refractivity contribution is 5.90. The fourth-order valence-electron chi connectivity index (χ4n) is 6.53. The minimum absolute atomic E-state index is 0.0110. The molecule has 2 amide bonds. The summed E-state index contributed by atoms with van der Waals surface area (Å²) in [5, 5.41) is 2.71. The Morgan fingerprint density at radius 3 is 2.22 bits per heavy atom. The molecule has 6 nitrogen and oxygen atoms in total. The van der Waals surface area contributed by atoms with Crippen molar-refractivity contribution in [2.24, 2.45) is 23.2 Å². The van der Waals surface area contributed by atoms with Gasteiger partial charge in [0.15, 0.2) is 6.61 Å². The average molecular weight is 376 g/mol. The van der Waals surface area contributed by atoms with Gasteiger partial charge in [0.2, 0.25) is 5.91 Å². The van der Waals surface area contributed by atoms with Crippen LogP contribution in [0.2, 0.25) is 0 Å². The Kier molecular flexibility index (Phi) is 4.93. The van der Waals surface area contributed by atoms with Gasteiger partial charge in [-0.05, 0) is 83.0 Å². The van der Waals surface area contributed by atoms with Crippen LogP contribution < -0.4 is 5.32 Å². The molecule has 0 aromatic heterocycles. The van der Waals surface area contributed by atoms with E-state index in [1.165, 1.54) is 19.3 Å². The monoisotopic (exact) mass is 376 g/mol. The predicted molar refractivity (Wildman–Crippen MR) is 99.6 cm³/mol. The van der Waals surface area contributed by atoms with Crippen molar-refractivity contribution in [3.8, 4) is 0 Å². The van der Waals surface area contributed by atoms with Gasteiger partial charge in [-0.15, -0.1) is 0 Å². The summed E-state index contributed by atoms with van der Waals surface area (Å²) in [5.74, 6) is 1.57. The smallest absolute Gasteiger partial charge is 0.329 e. The van der Waals surface area contributed by atoms with E-state index in [4.69, 9.17) is 4.74 Å². The van der Waals surface area contributed by atoms with Crippen molar-refractivity contribution in [3.63, 3.8) is 0 Å². The number of esters is 1. The van der Waals surface area contributed by atoms with Gasteiger partial charge in [0.25, 0.3) is 5.91 Å². The van der Waals surface area contributed by atoms with E-state index in [0.717, 1.165) is 25.7 Å². The van der Waals surface area contributed by atoms with Gasteiger partial charge in [-0.2, -0.15) is 0 Å². The van der Waals surface area contributed by atoms with Crippen molar-refractivity contribution in [2.75, 3.05) is 13.2 Å². The minimum Gasteiger partial charge on any atom is -0.454 e. The number of nitrogens with zero attached hydrogens (tertiary/aromatic N) is 1. The Hall–Kier alpha value is -1.59. The summed E-state index contributed by atoms with van der Waals surface area (Å²) in [4.78, 5) is 39.7. The summed E-state index contributed by atoms with van der Waals surface area (Å²) in [7, 11) is 0. The molecule has 4 saturated carbocycles. The summed E-state index contributed by atoms with van der Waals surface area (Å²) in [6.45, 7) is 4.09. The first-order valence-electron chi connectivity index (χ1n) is 10.6. The van der Waals surface area contributed by atoms with Gasteiger partial charge in [0, 0.05) is 12.6 Å². The summed E-state index contributed by atoms with van der Waals surface area (Å²) < 4.78 is 5.24. The highest BCUT2D eigenvalue weighted by Gasteiger charge is 2.56. The van der Waals surface area contributed by atoms with E-state index in [0.29, 0.717) is 30.7 Å². The fraction of sp³-hybridized carbons (Fsp3) is 0.857. The first-order chi connectivity index (χ1) is 12.9. The van der Waals surface area contributed by atoms with Crippen molar-refractivity contribution in [1.82, 2.24) is 10.2 Å². The Morgan fingerprint density at radius 2 is 1.67 bits per heavy atom. The second-order valence-corrected chi connectivity index (χ2v) is 9.68. The normalized spacial score (nSPS) is 36.9. The standard InChI is InChI=1S/C21H32N2O4/c1-13(2)22-18(24)12-27-19(25)17-4-3-5-23(17)20(26)21-9-14-6-15(10-21)8-16(7-14)11-21/h13-17H,3-12H2,1-2H3,(H,22,24)/t14?,15?,16?,17-,21?/m1/s1. The molecule has 0 unspecified atom stereocenters. The zero-order valence-electron chi connectivity index (χ0n) is 16.5. The molecule has 4 bridgehead atoms. The van der Waals surface area contributed by atoms with Gasteiger partial charge in [-0.25, -0.2) is 4.79 Å². The molecule has 6 heteroatoms. The molecule has 1 heterocycles. The van der Waals surface area contributed by atoms with E-state index >= 15 is 0 Å². The van der Waals surface area contributed by atoms with E-state index in [2.05, 4.69) is 5.32 Å². The lowest BCUT2D eigenvalue weighted by molar-refractivity contribution is -0.166. The van der Waals surface area contributed by atoms with E-state index in [1.54, 1.807) is 4.90 Å². The second kappa shape index (κ2) is 7.10. The molecule has 0 radical (unpaired) electrons. The van der Waals surface area contributed by atoms with Gasteiger partial charge in [0.1, 0.15) is 6.04 Å². The maximum absolute atomic E-state index is 13.5. The van der Waals surface area contributed by atoms with Crippen molar-refractivity contribution < 1.29 is 19.1 Å². The quantitative estimate of drug-likeness (QED) is 0.747.